The minimum Gasteiger partial charge on any atom is -0.473 e. The van der Waals surface area contributed by atoms with Gasteiger partial charge in [-0.2, -0.15) is 0 Å². The first-order valence-electron chi connectivity index (χ1n) is 7.28. The van der Waals surface area contributed by atoms with Crippen LogP contribution in [0.15, 0.2) is 47.2 Å². The van der Waals surface area contributed by atoms with Crippen LogP contribution in [0.25, 0.3) is 11.3 Å². The van der Waals surface area contributed by atoms with Gasteiger partial charge >= 0.3 is 0 Å². The van der Waals surface area contributed by atoms with Crippen molar-refractivity contribution in [3.63, 3.8) is 0 Å². The van der Waals surface area contributed by atoms with Gasteiger partial charge in [-0.05, 0) is 25.1 Å². The van der Waals surface area contributed by atoms with Crippen LogP contribution in [0.3, 0.4) is 0 Å². The van der Waals surface area contributed by atoms with Crippen LogP contribution >= 0.6 is 0 Å². The van der Waals surface area contributed by atoms with E-state index >= 15 is 0 Å². The summed E-state index contributed by atoms with van der Waals surface area (Å²) >= 11 is 0. The topological polar surface area (TPSA) is 64.3 Å². The number of anilines is 1. The Hall–Kier alpha value is -2.89. The van der Waals surface area contributed by atoms with E-state index in [9.17, 15) is 0 Å². The van der Waals surface area contributed by atoms with Crippen LogP contribution in [-0.2, 0) is 6.61 Å². The molecule has 0 radical (unpaired) electrons. The lowest BCUT2D eigenvalue weighted by Crippen LogP contribution is -2.10. The highest BCUT2D eigenvalue weighted by molar-refractivity contribution is 5.63. The molecule has 3 rings (SSSR count). The maximum atomic E-state index is 5.72. The second-order valence-electron chi connectivity index (χ2n) is 5.32. The van der Waals surface area contributed by atoms with E-state index < -0.39 is 0 Å². The summed E-state index contributed by atoms with van der Waals surface area (Å²) in [5, 5.41) is 4.14. The number of hydrogen-bond acceptors (Lipinski definition) is 6. The van der Waals surface area contributed by atoms with Crippen LogP contribution in [0.5, 0.6) is 5.88 Å². The van der Waals surface area contributed by atoms with E-state index in [0.717, 1.165) is 28.4 Å². The highest BCUT2D eigenvalue weighted by Gasteiger charge is 2.16. The Morgan fingerprint density at radius 3 is 2.65 bits per heavy atom. The van der Waals surface area contributed by atoms with Gasteiger partial charge < -0.3 is 14.2 Å². The first kappa shape index (κ1) is 15.0. The highest BCUT2D eigenvalue weighted by Crippen LogP contribution is 2.26. The molecule has 118 valence electrons. The van der Waals surface area contributed by atoms with E-state index in [2.05, 4.69) is 15.1 Å². The zero-order chi connectivity index (χ0) is 16.2. The summed E-state index contributed by atoms with van der Waals surface area (Å²) in [6.07, 6.45) is 3.48. The first-order valence-corrected chi connectivity index (χ1v) is 7.28. The summed E-state index contributed by atoms with van der Waals surface area (Å²) in [4.78, 5) is 10.5. The van der Waals surface area contributed by atoms with Gasteiger partial charge in [0.25, 0.3) is 0 Å². The molecular weight excluding hydrogens is 292 g/mol. The quantitative estimate of drug-likeness (QED) is 0.721. The molecular formula is C17H18N4O2. The van der Waals surface area contributed by atoms with Crippen molar-refractivity contribution in [2.45, 2.75) is 13.5 Å². The van der Waals surface area contributed by atoms with E-state index in [0.29, 0.717) is 12.5 Å². The monoisotopic (exact) mass is 310 g/mol. The zero-order valence-corrected chi connectivity index (χ0v) is 13.4. The summed E-state index contributed by atoms with van der Waals surface area (Å²) in [5.41, 5.74) is 2.54. The molecule has 0 aliphatic carbocycles. The molecule has 0 aliphatic heterocycles. The van der Waals surface area contributed by atoms with Crippen molar-refractivity contribution >= 4 is 5.82 Å². The first-order chi connectivity index (χ1) is 11.1. The molecule has 0 fully saturated rings. The average Bonchev–Trinajstić information content (AvgIpc) is 2.95. The van der Waals surface area contributed by atoms with Gasteiger partial charge in [-0.25, -0.2) is 9.97 Å². The Balaban J connectivity index is 1.83. The van der Waals surface area contributed by atoms with Crippen molar-refractivity contribution in [1.29, 1.82) is 0 Å². The number of hydrogen-bond donors (Lipinski definition) is 0. The Kier molecular flexibility index (Phi) is 4.23. The molecule has 23 heavy (non-hydrogen) atoms. The lowest BCUT2D eigenvalue weighted by Gasteiger charge is -2.11. The van der Waals surface area contributed by atoms with Crippen LogP contribution in [0, 0.1) is 6.92 Å². The van der Waals surface area contributed by atoms with Crippen molar-refractivity contribution in [3.8, 4) is 17.1 Å². The molecule has 3 heterocycles. The van der Waals surface area contributed by atoms with E-state index in [1.807, 2.05) is 56.3 Å². The molecule has 0 aliphatic rings. The number of aryl methyl sites for hydroxylation is 1. The third kappa shape index (κ3) is 3.31. The summed E-state index contributed by atoms with van der Waals surface area (Å²) in [5.74, 6) is 2.19. The number of ether oxygens (including phenoxy) is 1. The average molecular weight is 310 g/mol. The van der Waals surface area contributed by atoms with Gasteiger partial charge in [0.2, 0.25) is 5.88 Å². The van der Waals surface area contributed by atoms with Crippen molar-refractivity contribution < 1.29 is 9.26 Å². The van der Waals surface area contributed by atoms with E-state index in [1.54, 1.807) is 12.4 Å². The Morgan fingerprint density at radius 2 is 2.00 bits per heavy atom. The lowest BCUT2D eigenvalue weighted by atomic mass is 10.1. The molecule has 0 atom stereocenters. The van der Waals surface area contributed by atoms with Gasteiger partial charge in [-0.1, -0.05) is 11.2 Å². The Morgan fingerprint density at radius 1 is 1.13 bits per heavy atom. The highest BCUT2D eigenvalue weighted by atomic mass is 16.5. The van der Waals surface area contributed by atoms with Gasteiger partial charge in [-0.3, -0.25) is 0 Å². The SMILES string of the molecule is Cc1onc(-c2ccc(N(C)C)nc2)c1COc1ccccn1. The zero-order valence-electron chi connectivity index (χ0n) is 13.4. The van der Waals surface area contributed by atoms with Crippen molar-refractivity contribution in [2.24, 2.45) is 0 Å². The molecule has 0 bridgehead atoms. The fourth-order valence-electron chi connectivity index (χ4n) is 2.16. The number of aromatic nitrogens is 3. The Labute approximate surface area is 134 Å². The normalized spacial score (nSPS) is 10.6. The van der Waals surface area contributed by atoms with Crippen LogP contribution in [-0.4, -0.2) is 29.2 Å². The number of nitrogens with zero attached hydrogens (tertiary/aromatic N) is 4. The standard InChI is InChI=1S/C17H18N4O2/c1-12-14(11-22-16-6-4-5-9-18-16)17(20-23-12)13-7-8-15(19-10-13)21(2)3/h4-10H,11H2,1-3H3. The van der Waals surface area contributed by atoms with Crippen molar-refractivity contribution in [1.82, 2.24) is 15.1 Å². The largest absolute Gasteiger partial charge is 0.473 e. The maximum absolute atomic E-state index is 5.72. The van der Waals surface area contributed by atoms with Crippen LogP contribution in [0.4, 0.5) is 5.82 Å². The molecule has 6 nitrogen and oxygen atoms in total. The van der Waals surface area contributed by atoms with Gasteiger partial charge in [0.15, 0.2) is 0 Å². The number of pyridine rings is 2. The molecule has 0 N–H and O–H groups in total. The minimum absolute atomic E-state index is 0.344. The predicted molar refractivity (Wildman–Crippen MR) is 87.4 cm³/mol. The fourth-order valence-corrected chi connectivity index (χ4v) is 2.16. The van der Waals surface area contributed by atoms with Gasteiger partial charge in [0, 0.05) is 38.1 Å². The van der Waals surface area contributed by atoms with Crippen LogP contribution < -0.4 is 9.64 Å². The van der Waals surface area contributed by atoms with Crippen LogP contribution in [0.1, 0.15) is 11.3 Å². The van der Waals surface area contributed by atoms with Crippen molar-refractivity contribution in [2.75, 3.05) is 19.0 Å². The third-order valence-corrected chi connectivity index (χ3v) is 3.47. The van der Waals surface area contributed by atoms with Gasteiger partial charge in [0.1, 0.15) is 23.9 Å². The molecule has 0 saturated heterocycles. The molecule has 0 aromatic carbocycles. The summed E-state index contributed by atoms with van der Waals surface area (Å²) in [6.45, 7) is 2.21. The van der Waals surface area contributed by atoms with Gasteiger partial charge in [-0.15, -0.1) is 0 Å². The molecule has 0 saturated carbocycles. The van der Waals surface area contributed by atoms with Crippen molar-refractivity contribution in [3.05, 3.63) is 54.0 Å². The van der Waals surface area contributed by atoms with E-state index in [4.69, 9.17) is 9.26 Å². The summed E-state index contributed by atoms with van der Waals surface area (Å²) in [6, 6.07) is 9.47. The Bertz CT molecular complexity index is 767. The second-order valence-corrected chi connectivity index (χ2v) is 5.32. The van der Waals surface area contributed by atoms with E-state index in [-0.39, 0.29) is 0 Å². The lowest BCUT2D eigenvalue weighted by molar-refractivity contribution is 0.290. The van der Waals surface area contributed by atoms with E-state index in [1.165, 1.54) is 0 Å². The summed E-state index contributed by atoms with van der Waals surface area (Å²) < 4.78 is 11.0. The smallest absolute Gasteiger partial charge is 0.213 e. The summed E-state index contributed by atoms with van der Waals surface area (Å²) in [7, 11) is 3.91. The molecule has 0 unspecified atom stereocenters. The maximum Gasteiger partial charge on any atom is 0.213 e. The third-order valence-electron chi connectivity index (χ3n) is 3.47. The predicted octanol–water partition coefficient (Wildman–Crippen LogP) is 3.09. The molecule has 6 heteroatoms. The second kappa shape index (κ2) is 6.48. The molecule has 0 spiro atoms. The molecule has 3 aromatic rings. The van der Waals surface area contributed by atoms with Gasteiger partial charge in [0.05, 0.1) is 5.56 Å². The molecule has 0 amide bonds. The fraction of sp³-hybridized carbons (Fsp3) is 0.235. The number of rotatable bonds is 5. The minimum atomic E-state index is 0.344. The van der Waals surface area contributed by atoms with Crippen LogP contribution in [0.2, 0.25) is 0 Å². The molecule has 3 aromatic heterocycles.